The molecule has 2 atom stereocenters. The molecule has 154 valence electrons. The van der Waals surface area contributed by atoms with Gasteiger partial charge in [0.2, 0.25) is 5.91 Å². The van der Waals surface area contributed by atoms with E-state index in [-0.39, 0.29) is 23.0 Å². The third-order valence-electron chi connectivity index (χ3n) is 5.13. The molecule has 2 aromatic rings. The SMILES string of the molecule is CCC(SC1=Nc2ccccc2C2=NC(=O)C(C(C)C)N12)C(=O)Nc1ccccc1. The Balaban J connectivity index is 1.66. The minimum Gasteiger partial charge on any atom is -0.325 e. The van der Waals surface area contributed by atoms with Gasteiger partial charge in [0.25, 0.3) is 5.91 Å². The number of hydrogen-bond donors (Lipinski definition) is 1. The van der Waals surface area contributed by atoms with E-state index in [0.29, 0.717) is 17.4 Å². The molecule has 2 unspecified atom stereocenters. The monoisotopic (exact) mass is 420 g/mol. The molecule has 0 aliphatic carbocycles. The fourth-order valence-corrected chi connectivity index (χ4v) is 4.70. The number of anilines is 1. The molecule has 7 heteroatoms. The van der Waals surface area contributed by atoms with Crippen LogP contribution in [-0.4, -0.2) is 39.0 Å². The summed E-state index contributed by atoms with van der Waals surface area (Å²) < 4.78 is 0. The number of nitrogens with one attached hydrogen (secondary N) is 1. The van der Waals surface area contributed by atoms with Gasteiger partial charge in [-0.25, -0.2) is 4.99 Å². The lowest BCUT2D eigenvalue weighted by atomic mass is 10.0. The van der Waals surface area contributed by atoms with Crippen molar-refractivity contribution in [3.8, 4) is 0 Å². The average molecular weight is 421 g/mol. The molecular formula is C23H24N4O2S. The van der Waals surface area contributed by atoms with E-state index in [1.807, 2.05) is 80.3 Å². The van der Waals surface area contributed by atoms with Crippen LogP contribution in [0.3, 0.4) is 0 Å². The maximum absolute atomic E-state index is 12.9. The summed E-state index contributed by atoms with van der Waals surface area (Å²) in [6.07, 6.45) is 0.630. The molecular weight excluding hydrogens is 396 g/mol. The number of thioether (sulfide) groups is 1. The number of carbonyl (C=O) groups excluding carboxylic acids is 2. The fraction of sp³-hybridized carbons (Fsp3) is 0.304. The van der Waals surface area contributed by atoms with Crippen molar-refractivity contribution in [2.75, 3.05) is 5.32 Å². The number of aliphatic imine (C=N–C) groups is 2. The van der Waals surface area contributed by atoms with E-state index in [9.17, 15) is 9.59 Å². The Morgan fingerprint density at radius 2 is 1.80 bits per heavy atom. The van der Waals surface area contributed by atoms with Gasteiger partial charge in [-0.05, 0) is 36.6 Å². The van der Waals surface area contributed by atoms with Crippen molar-refractivity contribution in [1.29, 1.82) is 0 Å². The van der Waals surface area contributed by atoms with Crippen LogP contribution in [0, 0.1) is 5.92 Å². The third-order valence-corrected chi connectivity index (χ3v) is 6.46. The zero-order valence-electron chi connectivity index (χ0n) is 17.2. The lowest BCUT2D eigenvalue weighted by Crippen LogP contribution is -2.47. The summed E-state index contributed by atoms with van der Waals surface area (Å²) in [5.74, 6) is 0.449. The first-order chi connectivity index (χ1) is 14.5. The molecule has 0 saturated heterocycles. The lowest BCUT2D eigenvalue weighted by molar-refractivity contribution is -0.120. The molecule has 30 heavy (non-hydrogen) atoms. The summed E-state index contributed by atoms with van der Waals surface area (Å²) >= 11 is 1.39. The van der Waals surface area contributed by atoms with Crippen molar-refractivity contribution >= 4 is 46.0 Å². The molecule has 0 spiro atoms. The number of amidine groups is 2. The summed E-state index contributed by atoms with van der Waals surface area (Å²) in [5, 5.41) is 3.27. The molecule has 0 bridgehead atoms. The first kappa shape index (κ1) is 20.3. The predicted octanol–water partition coefficient (Wildman–Crippen LogP) is 4.45. The quantitative estimate of drug-likeness (QED) is 0.775. The highest BCUT2D eigenvalue weighted by atomic mass is 32.2. The summed E-state index contributed by atoms with van der Waals surface area (Å²) in [6, 6.07) is 16.7. The van der Waals surface area contributed by atoms with Gasteiger partial charge >= 0.3 is 0 Å². The molecule has 0 radical (unpaired) electrons. The van der Waals surface area contributed by atoms with Gasteiger partial charge in [-0.15, -0.1) is 0 Å². The number of para-hydroxylation sites is 2. The zero-order chi connectivity index (χ0) is 21.3. The number of benzene rings is 2. The van der Waals surface area contributed by atoms with E-state index < -0.39 is 6.04 Å². The molecule has 2 aliphatic rings. The van der Waals surface area contributed by atoms with Crippen molar-refractivity contribution in [2.45, 2.75) is 38.5 Å². The van der Waals surface area contributed by atoms with Crippen molar-refractivity contribution < 1.29 is 9.59 Å². The lowest BCUT2D eigenvalue weighted by Gasteiger charge is -2.33. The minimum atomic E-state index is -0.408. The van der Waals surface area contributed by atoms with Crippen LogP contribution in [0.1, 0.15) is 32.8 Å². The molecule has 1 N–H and O–H groups in total. The van der Waals surface area contributed by atoms with Crippen LogP contribution >= 0.6 is 11.8 Å². The second kappa shape index (κ2) is 8.44. The van der Waals surface area contributed by atoms with Crippen LogP contribution in [0.5, 0.6) is 0 Å². The van der Waals surface area contributed by atoms with Crippen molar-refractivity contribution in [3.63, 3.8) is 0 Å². The predicted molar refractivity (Wildman–Crippen MR) is 122 cm³/mol. The van der Waals surface area contributed by atoms with Crippen LogP contribution in [0.15, 0.2) is 64.6 Å². The third kappa shape index (κ3) is 3.77. The van der Waals surface area contributed by atoms with Gasteiger partial charge in [-0.1, -0.05) is 62.9 Å². The Morgan fingerprint density at radius 1 is 1.10 bits per heavy atom. The number of rotatable bonds is 5. The number of carbonyl (C=O) groups is 2. The Labute approximate surface area is 180 Å². The molecule has 2 amide bonds. The maximum Gasteiger partial charge on any atom is 0.271 e. The van der Waals surface area contributed by atoms with E-state index in [2.05, 4.69) is 10.3 Å². The van der Waals surface area contributed by atoms with Gasteiger partial charge in [0.05, 0.1) is 10.9 Å². The topological polar surface area (TPSA) is 74.1 Å². The highest BCUT2D eigenvalue weighted by molar-refractivity contribution is 8.15. The zero-order valence-corrected chi connectivity index (χ0v) is 18.0. The van der Waals surface area contributed by atoms with Crippen molar-refractivity contribution in [3.05, 3.63) is 60.2 Å². The first-order valence-electron chi connectivity index (χ1n) is 10.1. The number of amides is 2. The molecule has 0 aromatic heterocycles. The van der Waals surface area contributed by atoms with Crippen LogP contribution in [0.25, 0.3) is 0 Å². The van der Waals surface area contributed by atoms with E-state index in [1.165, 1.54) is 11.8 Å². The van der Waals surface area contributed by atoms with E-state index in [1.54, 1.807) is 0 Å². The fourth-order valence-electron chi connectivity index (χ4n) is 3.64. The Bertz CT molecular complexity index is 1030. The molecule has 0 fully saturated rings. The van der Waals surface area contributed by atoms with Gasteiger partial charge in [0, 0.05) is 11.3 Å². The van der Waals surface area contributed by atoms with E-state index in [0.717, 1.165) is 16.9 Å². The van der Waals surface area contributed by atoms with Crippen LogP contribution < -0.4 is 5.32 Å². The van der Waals surface area contributed by atoms with Crippen molar-refractivity contribution in [2.24, 2.45) is 15.9 Å². The largest absolute Gasteiger partial charge is 0.325 e. The second-order valence-corrected chi connectivity index (χ2v) is 8.78. The van der Waals surface area contributed by atoms with Crippen LogP contribution in [0.2, 0.25) is 0 Å². The molecule has 4 rings (SSSR count). The Kier molecular flexibility index (Phi) is 5.72. The number of hydrogen-bond acceptors (Lipinski definition) is 5. The first-order valence-corrected chi connectivity index (χ1v) is 11.0. The highest BCUT2D eigenvalue weighted by Gasteiger charge is 2.44. The van der Waals surface area contributed by atoms with Crippen LogP contribution in [0.4, 0.5) is 11.4 Å². The van der Waals surface area contributed by atoms with Gasteiger partial charge < -0.3 is 5.32 Å². The maximum atomic E-state index is 12.9. The van der Waals surface area contributed by atoms with E-state index >= 15 is 0 Å². The minimum absolute atomic E-state index is 0.0630. The Morgan fingerprint density at radius 3 is 2.50 bits per heavy atom. The summed E-state index contributed by atoms with van der Waals surface area (Å²) in [4.78, 5) is 36.7. The second-order valence-electron chi connectivity index (χ2n) is 7.61. The Hall–Kier alpha value is -2.93. The normalized spacial score (nSPS) is 18.5. The molecule has 2 heterocycles. The molecule has 6 nitrogen and oxygen atoms in total. The molecule has 2 aromatic carbocycles. The number of nitrogens with zero attached hydrogens (tertiary/aromatic N) is 3. The average Bonchev–Trinajstić information content (AvgIpc) is 3.10. The highest BCUT2D eigenvalue weighted by Crippen LogP contribution is 2.37. The van der Waals surface area contributed by atoms with Crippen molar-refractivity contribution in [1.82, 2.24) is 4.90 Å². The summed E-state index contributed by atoms with van der Waals surface area (Å²) in [7, 11) is 0. The standard InChI is InChI=1S/C23H24N4O2S/c1-4-18(21(28)24-15-10-6-5-7-11-15)30-23-25-17-13-9-8-12-16(17)20-26-22(29)19(14(2)3)27(20)23/h5-14,18-19H,4H2,1-3H3,(H,24,28). The summed E-state index contributed by atoms with van der Waals surface area (Å²) in [6.45, 7) is 5.98. The molecule has 0 saturated carbocycles. The number of fused-ring (bicyclic) bond motifs is 3. The smallest absolute Gasteiger partial charge is 0.271 e. The van der Waals surface area contributed by atoms with Crippen LogP contribution in [-0.2, 0) is 9.59 Å². The molecule has 2 aliphatic heterocycles. The van der Waals surface area contributed by atoms with Gasteiger partial charge in [0.1, 0.15) is 11.9 Å². The van der Waals surface area contributed by atoms with Gasteiger partial charge in [-0.3, -0.25) is 14.5 Å². The van der Waals surface area contributed by atoms with Gasteiger partial charge in [0.15, 0.2) is 5.17 Å². The van der Waals surface area contributed by atoms with E-state index in [4.69, 9.17) is 4.99 Å². The van der Waals surface area contributed by atoms with Gasteiger partial charge in [-0.2, -0.15) is 4.99 Å². The summed E-state index contributed by atoms with van der Waals surface area (Å²) in [5.41, 5.74) is 2.38.